The molecule has 78 valence electrons. The van der Waals surface area contributed by atoms with Crippen molar-refractivity contribution < 1.29 is 4.79 Å². The fourth-order valence-electron chi connectivity index (χ4n) is 1.60. The molecule has 15 heavy (non-hydrogen) atoms. The molecule has 4 heteroatoms. The number of fused-ring (bicyclic) bond motifs is 1. The SMILES string of the molecule is CN(Cc1c[nH]c2ccccc12)C(N)=O. The van der Waals surface area contributed by atoms with Gasteiger partial charge < -0.3 is 15.6 Å². The summed E-state index contributed by atoms with van der Waals surface area (Å²) in [5, 5.41) is 1.13. The van der Waals surface area contributed by atoms with E-state index in [4.69, 9.17) is 5.73 Å². The quantitative estimate of drug-likeness (QED) is 0.766. The number of H-pyrrole nitrogens is 1. The highest BCUT2D eigenvalue weighted by Crippen LogP contribution is 2.18. The smallest absolute Gasteiger partial charge is 0.314 e. The van der Waals surface area contributed by atoms with E-state index in [0.29, 0.717) is 6.54 Å². The van der Waals surface area contributed by atoms with Crippen LogP contribution in [0.25, 0.3) is 10.9 Å². The highest BCUT2D eigenvalue weighted by molar-refractivity contribution is 5.83. The van der Waals surface area contributed by atoms with Crippen LogP contribution in [0.15, 0.2) is 30.5 Å². The Labute approximate surface area is 87.7 Å². The molecule has 1 aromatic carbocycles. The predicted octanol–water partition coefficient (Wildman–Crippen LogP) is 1.68. The van der Waals surface area contributed by atoms with Crippen LogP contribution in [-0.4, -0.2) is 23.0 Å². The normalized spacial score (nSPS) is 10.5. The van der Waals surface area contributed by atoms with E-state index in [1.54, 1.807) is 7.05 Å². The molecule has 0 saturated carbocycles. The number of rotatable bonds is 2. The first-order valence-electron chi connectivity index (χ1n) is 4.74. The molecule has 0 unspecified atom stereocenters. The molecule has 0 fully saturated rings. The summed E-state index contributed by atoms with van der Waals surface area (Å²) in [5.74, 6) is 0. The van der Waals surface area contributed by atoms with Gasteiger partial charge in [-0.2, -0.15) is 0 Å². The van der Waals surface area contributed by atoms with Gasteiger partial charge in [0.25, 0.3) is 0 Å². The number of hydrogen-bond acceptors (Lipinski definition) is 1. The van der Waals surface area contributed by atoms with Crippen molar-refractivity contribution in [3.05, 3.63) is 36.0 Å². The van der Waals surface area contributed by atoms with Crippen LogP contribution < -0.4 is 5.73 Å². The number of nitrogens with zero attached hydrogens (tertiary/aromatic N) is 1. The third-order valence-electron chi connectivity index (χ3n) is 2.46. The number of aromatic amines is 1. The number of aromatic nitrogens is 1. The van der Waals surface area contributed by atoms with Crippen LogP contribution in [0.4, 0.5) is 4.79 Å². The molecule has 1 heterocycles. The van der Waals surface area contributed by atoms with E-state index < -0.39 is 6.03 Å². The molecule has 0 aliphatic heterocycles. The zero-order valence-electron chi connectivity index (χ0n) is 8.53. The van der Waals surface area contributed by atoms with E-state index in [0.717, 1.165) is 16.5 Å². The third-order valence-corrected chi connectivity index (χ3v) is 2.46. The lowest BCUT2D eigenvalue weighted by Gasteiger charge is -2.12. The van der Waals surface area contributed by atoms with Crippen LogP contribution in [-0.2, 0) is 6.54 Å². The van der Waals surface area contributed by atoms with Crippen LogP contribution in [0.2, 0.25) is 0 Å². The molecule has 0 saturated heterocycles. The highest BCUT2D eigenvalue weighted by atomic mass is 16.2. The Balaban J connectivity index is 2.32. The van der Waals surface area contributed by atoms with Crippen LogP contribution >= 0.6 is 0 Å². The van der Waals surface area contributed by atoms with Crippen molar-refractivity contribution in [3.8, 4) is 0 Å². The molecule has 0 aliphatic rings. The van der Waals surface area contributed by atoms with Gasteiger partial charge in [-0.1, -0.05) is 18.2 Å². The summed E-state index contributed by atoms with van der Waals surface area (Å²) in [7, 11) is 1.68. The number of benzene rings is 1. The fraction of sp³-hybridized carbons (Fsp3) is 0.182. The van der Waals surface area contributed by atoms with E-state index in [1.165, 1.54) is 4.90 Å². The van der Waals surface area contributed by atoms with Crippen molar-refractivity contribution in [3.63, 3.8) is 0 Å². The number of para-hydroxylation sites is 1. The number of primary amides is 1. The molecule has 1 aromatic heterocycles. The minimum Gasteiger partial charge on any atom is -0.361 e. The van der Waals surface area contributed by atoms with E-state index in [9.17, 15) is 4.79 Å². The van der Waals surface area contributed by atoms with Crippen LogP contribution in [0, 0.1) is 0 Å². The van der Waals surface area contributed by atoms with E-state index in [2.05, 4.69) is 4.98 Å². The average molecular weight is 203 g/mol. The van der Waals surface area contributed by atoms with Crippen molar-refractivity contribution in [2.45, 2.75) is 6.54 Å². The summed E-state index contributed by atoms with van der Waals surface area (Å²) < 4.78 is 0. The maximum absolute atomic E-state index is 10.9. The number of amides is 2. The molecule has 0 bridgehead atoms. The average Bonchev–Trinajstić information content (AvgIpc) is 2.62. The van der Waals surface area contributed by atoms with Crippen molar-refractivity contribution in [2.75, 3.05) is 7.05 Å². The second-order valence-corrected chi connectivity index (χ2v) is 3.55. The van der Waals surface area contributed by atoms with E-state index in [1.807, 2.05) is 30.5 Å². The predicted molar refractivity (Wildman–Crippen MR) is 59.3 cm³/mol. The Morgan fingerprint density at radius 3 is 2.93 bits per heavy atom. The Morgan fingerprint density at radius 1 is 1.47 bits per heavy atom. The molecule has 2 amide bonds. The largest absolute Gasteiger partial charge is 0.361 e. The summed E-state index contributed by atoms with van der Waals surface area (Å²) in [4.78, 5) is 15.5. The molecule has 0 aliphatic carbocycles. The first-order valence-corrected chi connectivity index (χ1v) is 4.74. The van der Waals surface area contributed by atoms with Crippen LogP contribution in [0.3, 0.4) is 0 Å². The van der Waals surface area contributed by atoms with Gasteiger partial charge in [-0.15, -0.1) is 0 Å². The minimum atomic E-state index is -0.416. The molecular formula is C11H13N3O. The summed E-state index contributed by atoms with van der Waals surface area (Å²) in [6, 6.07) is 7.56. The zero-order valence-corrected chi connectivity index (χ0v) is 8.53. The Kier molecular flexibility index (Phi) is 2.33. The van der Waals surface area contributed by atoms with E-state index >= 15 is 0 Å². The van der Waals surface area contributed by atoms with Crippen molar-refractivity contribution in [2.24, 2.45) is 5.73 Å². The van der Waals surface area contributed by atoms with Gasteiger partial charge in [0.05, 0.1) is 0 Å². The van der Waals surface area contributed by atoms with Crippen molar-refractivity contribution in [1.29, 1.82) is 0 Å². The second-order valence-electron chi connectivity index (χ2n) is 3.55. The first-order chi connectivity index (χ1) is 7.18. The Morgan fingerprint density at radius 2 is 2.20 bits per heavy atom. The van der Waals surface area contributed by atoms with Crippen LogP contribution in [0.5, 0.6) is 0 Å². The standard InChI is InChI=1S/C11H13N3O/c1-14(11(12)15)7-8-6-13-10-5-3-2-4-9(8)10/h2-6,13H,7H2,1H3,(H2,12,15). The Hall–Kier alpha value is -1.97. The molecular weight excluding hydrogens is 190 g/mol. The number of hydrogen-bond donors (Lipinski definition) is 2. The number of carbonyl (C=O) groups is 1. The molecule has 0 atom stereocenters. The topological polar surface area (TPSA) is 62.1 Å². The molecule has 3 N–H and O–H groups in total. The summed E-state index contributed by atoms with van der Waals surface area (Å²) in [6.45, 7) is 0.527. The maximum atomic E-state index is 10.9. The third kappa shape index (κ3) is 1.79. The van der Waals surface area contributed by atoms with Crippen molar-refractivity contribution >= 4 is 16.9 Å². The number of nitrogens with one attached hydrogen (secondary N) is 1. The van der Waals surface area contributed by atoms with Gasteiger partial charge >= 0.3 is 6.03 Å². The summed E-state index contributed by atoms with van der Waals surface area (Å²) >= 11 is 0. The van der Waals surface area contributed by atoms with E-state index in [-0.39, 0.29) is 0 Å². The van der Waals surface area contributed by atoms with Gasteiger partial charge in [-0.3, -0.25) is 0 Å². The molecule has 4 nitrogen and oxygen atoms in total. The van der Waals surface area contributed by atoms with Gasteiger partial charge in [-0.25, -0.2) is 4.79 Å². The second kappa shape index (κ2) is 3.65. The number of nitrogens with two attached hydrogens (primary N) is 1. The van der Waals surface area contributed by atoms with Gasteiger partial charge in [0.2, 0.25) is 0 Å². The molecule has 2 aromatic rings. The Bertz CT molecular complexity index is 489. The molecule has 2 rings (SSSR count). The lowest BCUT2D eigenvalue weighted by Crippen LogP contribution is -2.31. The minimum absolute atomic E-state index is 0.416. The van der Waals surface area contributed by atoms with Gasteiger partial charge in [-0.05, 0) is 11.6 Å². The number of urea groups is 1. The monoisotopic (exact) mass is 203 g/mol. The van der Waals surface area contributed by atoms with Gasteiger partial charge in [0.1, 0.15) is 0 Å². The fourth-order valence-corrected chi connectivity index (χ4v) is 1.60. The van der Waals surface area contributed by atoms with Crippen molar-refractivity contribution in [1.82, 2.24) is 9.88 Å². The van der Waals surface area contributed by atoms with Crippen LogP contribution in [0.1, 0.15) is 5.56 Å². The lowest BCUT2D eigenvalue weighted by atomic mass is 10.2. The lowest BCUT2D eigenvalue weighted by molar-refractivity contribution is 0.217. The number of carbonyl (C=O) groups excluding carboxylic acids is 1. The first kappa shape index (κ1) is 9.58. The zero-order chi connectivity index (χ0) is 10.8. The van der Waals surface area contributed by atoms with Gasteiger partial charge in [0.15, 0.2) is 0 Å². The molecule has 0 radical (unpaired) electrons. The molecule has 0 spiro atoms. The highest BCUT2D eigenvalue weighted by Gasteiger charge is 2.07. The summed E-state index contributed by atoms with van der Waals surface area (Å²) in [6.07, 6.45) is 1.91. The summed E-state index contributed by atoms with van der Waals surface area (Å²) in [5.41, 5.74) is 7.32. The van der Waals surface area contributed by atoms with Gasteiger partial charge in [0, 0.05) is 30.7 Å². The maximum Gasteiger partial charge on any atom is 0.314 e.